The minimum Gasteiger partial charge on any atom is -0.397 e. The number of anilines is 1. The molecule has 0 bridgehead atoms. The van der Waals surface area contributed by atoms with Crippen LogP contribution in [0.2, 0.25) is 5.02 Å². The fourth-order valence-electron chi connectivity index (χ4n) is 2.64. The van der Waals surface area contributed by atoms with Gasteiger partial charge in [0, 0.05) is 23.7 Å². The van der Waals surface area contributed by atoms with E-state index in [1.54, 1.807) is 6.07 Å². The summed E-state index contributed by atoms with van der Waals surface area (Å²) < 4.78 is 1.99. The van der Waals surface area contributed by atoms with Gasteiger partial charge in [-0.05, 0) is 29.3 Å². The Labute approximate surface area is 140 Å². The van der Waals surface area contributed by atoms with Gasteiger partial charge in [0.2, 0.25) is 0 Å². The first kappa shape index (κ1) is 15.2. The smallest absolute Gasteiger partial charge is 0.122 e. The van der Waals surface area contributed by atoms with Crippen molar-refractivity contribution in [1.82, 2.24) is 4.57 Å². The second kappa shape index (κ2) is 6.60. The van der Waals surface area contributed by atoms with Crippen molar-refractivity contribution in [2.45, 2.75) is 13.0 Å². The molecule has 0 unspecified atom stereocenters. The van der Waals surface area contributed by atoms with E-state index in [0.717, 1.165) is 16.8 Å². The summed E-state index contributed by atoms with van der Waals surface area (Å²) in [6, 6.07) is 21.7. The molecule has 0 spiro atoms. The second-order valence-corrected chi connectivity index (χ2v) is 5.85. The van der Waals surface area contributed by atoms with Crippen LogP contribution in [0.15, 0.2) is 60.7 Å². The first-order valence-corrected chi connectivity index (χ1v) is 7.71. The van der Waals surface area contributed by atoms with Crippen LogP contribution in [0.3, 0.4) is 0 Å². The summed E-state index contributed by atoms with van der Waals surface area (Å²) in [7, 11) is 0. The van der Waals surface area contributed by atoms with Crippen LogP contribution in [0, 0.1) is 11.3 Å². The number of nitrogen functional groups attached to an aromatic ring is 1. The molecule has 0 amide bonds. The first-order valence-electron chi connectivity index (χ1n) is 7.33. The number of hydrogen-bond acceptors (Lipinski definition) is 2. The third-order valence-corrected chi connectivity index (χ3v) is 4.08. The normalized spacial score (nSPS) is 10.4. The number of nitriles is 1. The van der Waals surface area contributed by atoms with Crippen molar-refractivity contribution < 1.29 is 0 Å². The summed E-state index contributed by atoms with van der Waals surface area (Å²) in [6.07, 6.45) is 0.664. The number of benzene rings is 2. The van der Waals surface area contributed by atoms with E-state index in [9.17, 15) is 5.26 Å². The van der Waals surface area contributed by atoms with Crippen molar-refractivity contribution in [3.63, 3.8) is 0 Å². The van der Waals surface area contributed by atoms with E-state index < -0.39 is 0 Å². The van der Waals surface area contributed by atoms with Gasteiger partial charge < -0.3 is 10.3 Å². The Hall–Kier alpha value is -2.70. The highest BCUT2D eigenvalue weighted by Gasteiger charge is 2.14. The van der Waals surface area contributed by atoms with Crippen molar-refractivity contribution >= 4 is 17.3 Å². The second-order valence-electron chi connectivity index (χ2n) is 5.42. The quantitative estimate of drug-likeness (QED) is 0.781. The number of nitrogens with zero attached hydrogens (tertiary/aromatic N) is 2. The van der Waals surface area contributed by atoms with Gasteiger partial charge in [-0.3, -0.25) is 0 Å². The van der Waals surface area contributed by atoms with E-state index in [1.165, 1.54) is 0 Å². The zero-order valence-electron chi connectivity index (χ0n) is 12.5. The molecule has 0 aliphatic carbocycles. The molecule has 3 rings (SSSR count). The third kappa shape index (κ3) is 3.39. The summed E-state index contributed by atoms with van der Waals surface area (Å²) in [5.74, 6) is 0. The number of nitrogens with two attached hydrogens (primary N) is 1. The molecule has 0 aliphatic heterocycles. The molecule has 0 saturated carbocycles. The van der Waals surface area contributed by atoms with E-state index in [4.69, 9.17) is 17.3 Å². The predicted molar refractivity (Wildman–Crippen MR) is 93.4 cm³/mol. The molecule has 1 heterocycles. The lowest BCUT2D eigenvalue weighted by atomic mass is 10.1. The van der Waals surface area contributed by atoms with Crippen LogP contribution >= 0.6 is 11.6 Å². The highest BCUT2D eigenvalue weighted by Crippen LogP contribution is 2.23. The van der Waals surface area contributed by atoms with E-state index in [0.29, 0.717) is 29.4 Å². The summed E-state index contributed by atoms with van der Waals surface area (Å²) in [4.78, 5) is 0. The molecule has 1 aromatic heterocycles. The Balaban J connectivity index is 1.97. The molecule has 4 heteroatoms. The molecule has 114 valence electrons. The van der Waals surface area contributed by atoms with Crippen LogP contribution in [0.4, 0.5) is 5.69 Å². The number of aromatic nitrogens is 1. The fourth-order valence-corrected chi connectivity index (χ4v) is 2.77. The molecular formula is C19H16ClN3. The summed E-state index contributed by atoms with van der Waals surface area (Å²) >= 11 is 5.94. The van der Waals surface area contributed by atoms with Gasteiger partial charge in [-0.15, -0.1) is 0 Å². The van der Waals surface area contributed by atoms with Crippen molar-refractivity contribution in [2.24, 2.45) is 0 Å². The van der Waals surface area contributed by atoms with Gasteiger partial charge in [0.15, 0.2) is 0 Å². The molecule has 0 saturated heterocycles. The highest BCUT2D eigenvalue weighted by atomic mass is 35.5. The number of hydrogen-bond donors (Lipinski definition) is 1. The molecule has 2 N–H and O–H groups in total. The van der Waals surface area contributed by atoms with Crippen LogP contribution in [-0.2, 0) is 13.0 Å². The standard InChI is InChI=1S/C19H16ClN3/c20-16-8-6-14(7-9-16)10-19-18(22)11-17(12-21)23(19)13-15-4-2-1-3-5-15/h1-9,11H,10,13,22H2. The largest absolute Gasteiger partial charge is 0.397 e. The minimum absolute atomic E-state index is 0.579. The third-order valence-electron chi connectivity index (χ3n) is 3.82. The van der Waals surface area contributed by atoms with Crippen LogP contribution in [0.5, 0.6) is 0 Å². The molecule has 3 aromatic rings. The lowest BCUT2D eigenvalue weighted by Gasteiger charge is -2.12. The first-order chi connectivity index (χ1) is 11.2. The maximum absolute atomic E-state index is 9.39. The van der Waals surface area contributed by atoms with Crippen LogP contribution < -0.4 is 5.73 Å². The Kier molecular flexibility index (Phi) is 4.36. The van der Waals surface area contributed by atoms with Crippen molar-refractivity contribution in [1.29, 1.82) is 5.26 Å². The highest BCUT2D eigenvalue weighted by molar-refractivity contribution is 6.30. The fraction of sp³-hybridized carbons (Fsp3) is 0.105. The van der Waals surface area contributed by atoms with E-state index >= 15 is 0 Å². The van der Waals surface area contributed by atoms with E-state index in [-0.39, 0.29) is 0 Å². The topological polar surface area (TPSA) is 54.7 Å². The Morgan fingerprint density at radius 3 is 2.35 bits per heavy atom. The molecule has 0 fully saturated rings. The summed E-state index contributed by atoms with van der Waals surface area (Å²) in [6.45, 7) is 0.629. The van der Waals surface area contributed by atoms with Crippen molar-refractivity contribution in [2.75, 3.05) is 5.73 Å². The lowest BCUT2D eigenvalue weighted by Crippen LogP contribution is -2.08. The zero-order chi connectivity index (χ0) is 16.2. The van der Waals surface area contributed by atoms with Crippen molar-refractivity contribution in [3.8, 4) is 6.07 Å². The Morgan fingerprint density at radius 2 is 1.70 bits per heavy atom. The summed E-state index contributed by atoms with van der Waals surface area (Å²) in [5, 5.41) is 10.1. The Bertz CT molecular complexity index is 843. The molecule has 0 atom stereocenters. The van der Waals surface area contributed by atoms with E-state index in [2.05, 4.69) is 6.07 Å². The average molecular weight is 322 g/mol. The van der Waals surface area contributed by atoms with Crippen LogP contribution in [0.25, 0.3) is 0 Å². The van der Waals surface area contributed by atoms with Gasteiger partial charge in [-0.25, -0.2) is 0 Å². The molecular weight excluding hydrogens is 306 g/mol. The summed E-state index contributed by atoms with van der Waals surface area (Å²) in [5.41, 5.74) is 10.6. The van der Waals surface area contributed by atoms with E-state index in [1.807, 2.05) is 59.2 Å². The molecule has 0 radical (unpaired) electrons. The minimum atomic E-state index is 0.579. The number of halogens is 1. The lowest BCUT2D eigenvalue weighted by molar-refractivity contribution is 0.749. The SMILES string of the molecule is N#Cc1cc(N)c(Cc2ccc(Cl)cc2)n1Cc1ccccc1. The monoisotopic (exact) mass is 321 g/mol. The van der Waals surface area contributed by atoms with Gasteiger partial charge in [0.05, 0.1) is 5.69 Å². The Morgan fingerprint density at radius 1 is 1.00 bits per heavy atom. The molecule has 23 heavy (non-hydrogen) atoms. The molecule has 0 aliphatic rings. The average Bonchev–Trinajstić information content (AvgIpc) is 2.86. The molecule has 2 aromatic carbocycles. The number of rotatable bonds is 4. The predicted octanol–water partition coefficient (Wildman–Crippen LogP) is 4.23. The van der Waals surface area contributed by atoms with Gasteiger partial charge in [0.25, 0.3) is 0 Å². The van der Waals surface area contributed by atoms with Gasteiger partial charge in [0.1, 0.15) is 11.8 Å². The zero-order valence-corrected chi connectivity index (χ0v) is 13.3. The van der Waals surface area contributed by atoms with Gasteiger partial charge >= 0.3 is 0 Å². The molecule has 3 nitrogen and oxygen atoms in total. The van der Waals surface area contributed by atoms with Gasteiger partial charge in [-0.2, -0.15) is 5.26 Å². The van der Waals surface area contributed by atoms with Gasteiger partial charge in [-0.1, -0.05) is 54.1 Å². The van der Waals surface area contributed by atoms with Crippen LogP contribution in [-0.4, -0.2) is 4.57 Å². The van der Waals surface area contributed by atoms with Crippen molar-refractivity contribution in [3.05, 3.63) is 88.2 Å². The maximum Gasteiger partial charge on any atom is 0.122 e. The van der Waals surface area contributed by atoms with Crippen LogP contribution in [0.1, 0.15) is 22.5 Å². The maximum atomic E-state index is 9.39.